The van der Waals surface area contributed by atoms with Crippen molar-refractivity contribution in [3.05, 3.63) is 23.8 Å². The lowest BCUT2D eigenvalue weighted by Gasteiger charge is -2.12. The minimum absolute atomic E-state index is 0.0561. The molecule has 1 unspecified atom stereocenters. The molecule has 0 aromatic heterocycles. The highest BCUT2D eigenvalue weighted by atomic mass is 35.5. The van der Waals surface area contributed by atoms with Crippen LogP contribution in [-0.4, -0.2) is 30.2 Å². The molecule has 1 aromatic rings. The third-order valence-electron chi connectivity index (χ3n) is 2.88. The van der Waals surface area contributed by atoms with Gasteiger partial charge in [0.15, 0.2) is 17.4 Å². The van der Waals surface area contributed by atoms with Crippen molar-refractivity contribution in [3.63, 3.8) is 0 Å². The predicted octanol–water partition coefficient (Wildman–Crippen LogP) is 2.77. The zero-order valence-corrected chi connectivity index (χ0v) is 11.1. The molecule has 1 aliphatic rings. The molecule has 0 radical (unpaired) electrons. The van der Waals surface area contributed by atoms with Gasteiger partial charge in [-0.1, -0.05) is 0 Å². The summed E-state index contributed by atoms with van der Waals surface area (Å²) in [5.74, 6) is -1.35. The van der Waals surface area contributed by atoms with Gasteiger partial charge in [-0.3, -0.25) is 0 Å². The maximum atomic E-state index is 13.7. The number of benzene rings is 1. The largest absolute Gasteiger partial charge is 0.487 e. The molecule has 0 aliphatic heterocycles. The van der Waals surface area contributed by atoms with E-state index in [1.165, 1.54) is 0 Å². The Morgan fingerprint density at radius 2 is 2.00 bits per heavy atom. The van der Waals surface area contributed by atoms with Crippen molar-refractivity contribution in [1.29, 1.82) is 0 Å². The number of halogens is 3. The number of aliphatic hydroxyl groups excluding tert-OH is 1. The Labute approximate surface area is 115 Å². The first-order valence-electron chi connectivity index (χ1n) is 6.20. The van der Waals surface area contributed by atoms with E-state index in [2.05, 4.69) is 5.32 Å². The quantitative estimate of drug-likeness (QED) is 0.759. The lowest BCUT2D eigenvalue weighted by molar-refractivity contribution is 0.211. The average Bonchev–Trinajstić information content (AvgIpc) is 3.19. The number of alkyl halides is 1. The molecule has 1 aliphatic carbocycles. The Balaban J connectivity index is 1.98. The van der Waals surface area contributed by atoms with E-state index >= 15 is 0 Å². The molecule has 3 nitrogen and oxygen atoms in total. The molecule has 1 atom stereocenters. The van der Waals surface area contributed by atoms with Crippen LogP contribution in [0.4, 0.5) is 14.5 Å². The fraction of sp³-hybridized carbons (Fsp3) is 0.538. The summed E-state index contributed by atoms with van der Waals surface area (Å²) in [6.45, 7) is 0.482. The maximum absolute atomic E-state index is 13.7. The van der Waals surface area contributed by atoms with Gasteiger partial charge in [-0.05, 0) is 18.8 Å². The molecule has 6 heteroatoms. The van der Waals surface area contributed by atoms with Crippen LogP contribution >= 0.6 is 11.6 Å². The zero-order chi connectivity index (χ0) is 13.8. The van der Waals surface area contributed by atoms with Crippen LogP contribution in [0.15, 0.2) is 12.1 Å². The summed E-state index contributed by atoms with van der Waals surface area (Å²) >= 11 is 5.42. The van der Waals surface area contributed by atoms with E-state index in [0.717, 1.165) is 25.0 Å². The van der Waals surface area contributed by atoms with E-state index in [9.17, 15) is 13.9 Å². The number of rotatable bonds is 7. The topological polar surface area (TPSA) is 41.5 Å². The highest BCUT2D eigenvalue weighted by Gasteiger charge is 2.23. The van der Waals surface area contributed by atoms with Crippen LogP contribution in [0.3, 0.4) is 0 Å². The number of nitrogens with one attached hydrogen (secondary N) is 1. The summed E-state index contributed by atoms with van der Waals surface area (Å²) in [7, 11) is 0. The molecule has 1 aromatic carbocycles. The van der Waals surface area contributed by atoms with Crippen LogP contribution in [0.1, 0.15) is 12.8 Å². The van der Waals surface area contributed by atoms with Crippen LogP contribution in [0.5, 0.6) is 5.75 Å². The number of ether oxygens (including phenoxy) is 1. The molecule has 106 valence electrons. The minimum atomic E-state index is -0.765. The number of anilines is 1. The molecule has 1 fully saturated rings. The van der Waals surface area contributed by atoms with Crippen molar-refractivity contribution in [2.45, 2.75) is 18.9 Å². The molecule has 0 heterocycles. The molecule has 1 saturated carbocycles. The summed E-state index contributed by atoms with van der Waals surface area (Å²) in [6.07, 6.45) is 1.34. The summed E-state index contributed by atoms with van der Waals surface area (Å²) in [5, 5.41) is 12.0. The SMILES string of the molecule is OC(CCl)CNc1cc(F)c(OCC2CC2)c(F)c1. The van der Waals surface area contributed by atoms with Gasteiger partial charge >= 0.3 is 0 Å². The van der Waals surface area contributed by atoms with E-state index in [0.29, 0.717) is 12.5 Å². The Hall–Kier alpha value is -1.07. The number of aliphatic hydroxyl groups is 1. The zero-order valence-electron chi connectivity index (χ0n) is 10.3. The second-order valence-electron chi connectivity index (χ2n) is 4.71. The standard InChI is InChI=1S/C13H16ClF2NO2/c14-5-10(18)6-17-9-3-11(15)13(12(16)4-9)19-7-8-1-2-8/h3-4,8,10,17-18H,1-2,5-7H2. The maximum Gasteiger partial charge on any atom is 0.190 e. The normalized spacial score (nSPS) is 16.2. The third kappa shape index (κ3) is 4.21. The Bertz CT molecular complexity index is 418. The van der Waals surface area contributed by atoms with Crippen molar-refractivity contribution in [2.75, 3.05) is 24.3 Å². The fourth-order valence-corrected chi connectivity index (χ4v) is 1.68. The van der Waals surface area contributed by atoms with Crippen molar-refractivity contribution in [2.24, 2.45) is 5.92 Å². The first kappa shape index (κ1) is 14.3. The number of hydrogen-bond acceptors (Lipinski definition) is 3. The van der Waals surface area contributed by atoms with Gasteiger partial charge in [0.05, 0.1) is 18.6 Å². The summed E-state index contributed by atoms with van der Waals surface area (Å²) in [6, 6.07) is 2.29. The Kier molecular flexibility index (Phi) is 4.82. The van der Waals surface area contributed by atoms with Crippen LogP contribution in [0.2, 0.25) is 0 Å². The first-order valence-corrected chi connectivity index (χ1v) is 6.73. The van der Waals surface area contributed by atoms with Gasteiger partial charge in [-0.25, -0.2) is 8.78 Å². The summed E-state index contributed by atoms with van der Waals surface area (Å²) < 4.78 is 32.5. The minimum Gasteiger partial charge on any atom is -0.487 e. The van der Waals surface area contributed by atoms with Crippen LogP contribution in [-0.2, 0) is 0 Å². The summed E-state index contributed by atoms with van der Waals surface area (Å²) in [4.78, 5) is 0. The van der Waals surface area contributed by atoms with Crippen LogP contribution in [0, 0.1) is 17.6 Å². The van der Waals surface area contributed by atoms with E-state index in [4.69, 9.17) is 16.3 Å². The van der Waals surface area contributed by atoms with Crippen molar-refractivity contribution in [3.8, 4) is 5.75 Å². The molecule has 0 bridgehead atoms. The van der Waals surface area contributed by atoms with Gasteiger partial charge in [-0.2, -0.15) is 0 Å². The third-order valence-corrected chi connectivity index (χ3v) is 3.23. The van der Waals surface area contributed by atoms with Gasteiger partial charge in [-0.15, -0.1) is 11.6 Å². The molecular weight excluding hydrogens is 276 g/mol. The molecule has 19 heavy (non-hydrogen) atoms. The first-order chi connectivity index (χ1) is 9.10. The van der Waals surface area contributed by atoms with E-state index in [1.807, 2.05) is 0 Å². The van der Waals surface area contributed by atoms with Crippen molar-refractivity contribution in [1.82, 2.24) is 0 Å². The molecular formula is C13H16ClF2NO2. The smallest absolute Gasteiger partial charge is 0.190 e. The fourth-order valence-electron chi connectivity index (χ4n) is 1.58. The monoisotopic (exact) mass is 291 g/mol. The van der Waals surface area contributed by atoms with Crippen molar-refractivity contribution < 1.29 is 18.6 Å². The predicted molar refractivity (Wildman–Crippen MR) is 69.8 cm³/mol. The highest BCUT2D eigenvalue weighted by molar-refractivity contribution is 6.18. The Morgan fingerprint density at radius 1 is 1.37 bits per heavy atom. The van der Waals surface area contributed by atoms with E-state index in [1.54, 1.807) is 0 Å². The second kappa shape index (κ2) is 6.39. The van der Waals surface area contributed by atoms with E-state index < -0.39 is 17.7 Å². The molecule has 2 rings (SSSR count). The lowest BCUT2D eigenvalue weighted by Crippen LogP contribution is -2.20. The molecule has 0 spiro atoms. The van der Waals surface area contributed by atoms with Gasteiger partial charge in [0, 0.05) is 24.4 Å². The summed E-state index contributed by atoms with van der Waals surface area (Å²) in [5.41, 5.74) is 0.248. The van der Waals surface area contributed by atoms with Crippen LogP contribution < -0.4 is 10.1 Å². The number of hydrogen-bond donors (Lipinski definition) is 2. The molecule has 2 N–H and O–H groups in total. The molecule has 0 amide bonds. The van der Waals surface area contributed by atoms with Gasteiger partial charge < -0.3 is 15.2 Å². The van der Waals surface area contributed by atoms with Crippen molar-refractivity contribution >= 4 is 17.3 Å². The molecule has 0 saturated heterocycles. The van der Waals surface area contributed by atoms with Crippen LogP contribution in [0.25, 0.3) is 0 Å². The van der Waals surface area contributed by atoms with Gasteiger partial charge in [0.1, 0.15) is 0 Å². The Morgan fingerprint density at radius 3 is 2.53 bits per heavy atom. The van der Waals surface area contributed by atoms with Gasteiger partial charge in [0.2, 0.25) is 0 Å². The van der Waals surface area contributed by atoms with E-state index in [-0.39, 0.29) is 23.9 Å². The lowest BCUT2D eigenvalue weighted by atomic mass is 10.2. The van der Waals surface area contributed by atoms with Gasteiger partial charge in [0.25, 0.3) is 0 Å². The average molecular weight is 292 g/mol. The highest BCUT2D eigenvalue weighted by Crippen LogP contribution is 2.32. The second-order valence-corrected chi connectivity index (χ2v) is 5.02.